The summed E-state index contributed by atoms with van der Waals surface area (Å²) in [4.78, 5) is 10.2. The normalized spacial score (nSPS) is 19.9. The Balaban J connectivity index is 1.63. The second-order valence-electron chi connectivity index (χ2n) is 16.4. The molecule has 0 fully saturated rings. The predicted octanol–water partition coefficient (Wildman–Crippen LogP) is 5.95. The summed E-state index contributed by atoms with van der Waals surface area (Å²) in [6.07, 6.45) is 7.30. The highest BCUT2D eigenvalue weighted by molar-refractivity contribution is 7.87. The molecule has 0 amide bonds. The monoisotopic (exact) mass is 978 g/mol. The van der Waals surface area contributed by atoms with E-state index < -0.39 is 76.9 Å². The fourth-order valence-corrected chi connectivity index (χ4v) is 12.0. The van der Waals surface area contributed by atoms with Gasteiger partial charge >= 0.3 is 5.97 Å². The van der Waals surface area contributed by atoms with Gasteiger partial charge in [0, 0.05) is 86.7 Å². The molecule has 18 nitrogen and oxygen atoms in total. The van der Waals surface area contributed by atoms with Gasteiger partial charge in [-0.25, -0.2) is 8.42 Å². The molecular formula is C43H50N2O16S4. The first-order chi connectivity index (χ1) is 30.2. The Labute approximate surface area is 377 Å². The Morgan fingerprint density at radius 3 is 1.83 bits per heavy atom. The van der Waals surface area contributed by atoms with Gasteiger partial charge in [-0.05, 0) is 111 Å². The molecule has 0 radical (unpaired) electrons. The van der Waals surface area contributed by atoms with E-state index in [2.05, 4.69) is 0 Å². The fourth-order valence-electron chi connectivity index (χ4n) is 9.37. The Morgan fingerprint density at radius 1 is 0.738 bits per heavy atom. The Bertz CT molecular complexity index is 3160. The molecule has 2 aliphatic rings. The van der Waals surface area contributed by atoms with Gasteiger partial charge in [0.15, 0.2) is 5.71 Å². The number of hydrogen-bond acceptors (Lipinski definition) is 13. The number of carboxylic acids is 1. The third-order valence-electron chi connectivity index (χ3n) is 12.3. The quantitative estimate of drug-likeness (QED) is 0.0480. The molecule has 2 aliphatic heterocycles. The number of likely N-dealkylation sites (N-methyl/N-ethyl adjacent to an activating group) is 1. The number of benzene rings is 4. The molecule has 0 bridgehead atoms. The molecule has 6 rings (SSSR count). The minimum Gasteiger partial charge on any atom is -0.744 e. The highest BCUT2D eigenvalue weighted by atomic mass is 32.2. The summed E-state index contributed by atoms with van der Waals surface area (Å²) < 4.78 is 157. The van der Waals surface area contributed by atoms with Gasteiger partial charge in [0.2, 0.25) is 5.69 Å². The fraction of sp³-hybridized carbons (Fsp3) is 0.395. The molecule has 4 aromatic carbocycles. The van der Waals surface area contributed by atoms with Crippen LogP contribution in [0.15, 0.2) is 92.0 Å². The predicted molar refractivity (Wildman–Crippen MR) is 239 cm³/mol. The first-order valence-corrected chi connectivity index (χ1v) is 26.1. The number of hydrogen-bond donors (Lipinski definition) is 4. The number of aliphatic carboxylic acids is 1. The Hall–Kier alpha value is -4.62. The van der Waals surface area contributed by atoms with Crippen molar-refractivity contribution in [3.05, 3.63) is 83.6 Å². The van der Waals surface area contributed by atoms with Crippen LogP contribution in [0.4, 0.5) is 11.4 Å². The van der Waals surface area contributed by atoms with Gasteiger partial charge in [-0.2, -0.15) is 29.8 Å². The first-order valence-electron chi connectivity index (χ1n) is 20.4. The molecule has 2 heterocycles. The molecule has 4 aromatic rings. The van der Waals surface area contributed by atoms with E-state index in [1.807, 2.05) is 42.4 Å². The summed E-state index contributed by atoms with van der Waals surface area (Å²) in [5.74, 6) is -0.946. The van der Waals surface area contributed by atoms with E-state index in [0.29, 0.717) is 78.4 Å². The first kappa shape index (κ1) is 49.8. The van der Waals surface area contributed by atoms with Crippen molar-refractivity contribution in [2.45, 2.75) is 89.7 Å². The molecule has 0 aliphatic carbocycles. The smallest absolute Gasteiger partial charge is 0.303 e. The number of ether oxygens (including phenoxy) is 2. The van der Waals surface area contributed by atoms with Gasteiger partial charge in [0.1, 0.15) is 21.6 Å². The molecule has 0 aromatic heterocycles. The molecule has 0 saturated heterocycles. The summed E-state index contributed by atoms with van der Waals surface area (Å²) in [5.41, 5.74) is 1.25. The maximum Gasteiger partial charge on any atom is 0.303 e. The highest BCUT2D eigenvalue weighted by Gasteiger charge is 2.49. The van der Waals surface area contributed by atoms with Crippen LogP contribution in [-0.4, -0.2) is 114 Å². The van der Waals surface area contributed by atoms with Crippen LogP contribution in [0.25, 0.3) is 21.5 Å². The molecule has 2 atom stereocenters. The maximum atomic E-state index is 12.7. The standard InChI is InChI=1S/C43H50N2O16S4/c1-6-44-33-16-14-29-31(23-27(62(48,49)50)25-35(29)64(54,55)56)40(33)42(2,18-21-60-4)37(44)11-10-12-38-43(3,19-22-61-5)41-32-24-28(63(51,52)53)26-36(65(57,58)59)30(32)15-17-34(41)45(38)20-9-7-8-13-39(46)47/h10-12,14-17,23-26H,6-9,13,18-22H2,1-5H3,(H4-,46,47,48,49,50,51,52,53,54,55,56,57,58,59). The van der Waals surface area contributed by atoms with E-state index in [4.69, 9.17) is 9.47 Å². The van der Waals surface area contributed by atoms with Gasteiger partial charge in [-0.3, -0.25) is 18.5 Å². The molecule has 65 heavy (non-hydrogen) atoms. The van der Waals surface area contributed by atoms with Crippen LogP contribution in [0.1, 0.15) is 70.4 Å². The minimum atomic E-state index is -5.25. The number of allylic oxidation sites excluding steroid dienone is 4. The third kappa shape index (κ3) is 9.51. The van der Waals surface area contributed by atoms with Gasteiger partial charge in [0.25, 0.3) is 30.4 Å². The highest BCUT2D eigenvalue weighted by Crippen LogP contribution is 2.54. The number of unbranched alkanes of at least 4 members (excludes halogenated alkanes) is 2. The van der Waals surface area contributed by atoms with Crippen molar-refractivity contribution < 1.29 is 75.8 Å². The van der Waals surface area contributed by atoms with E-state index in [-0.39, 0.29) is 54.0 Å². The lowest BCUT2D eigenvalue weighted by atomic mass is 9.74. The van der Waals surface area contributed by atoms with Crippen LogP contribution in [0.2, 0.25) is 0 Å². The van der Waals surface area contributed by atoms with Crippen molar-refractivity contribution in [1.29, 1.82) is 0 Å². The van der Waals surface area contributed by atoms with Crippen molar-refractivity contribution in [3.63, 3.8) is 0 Å². The van der Waals surface area contributed by atoms with E-state index in [1.165, 1.54) is 26.4 Å². The summed E-state index contributed by atoms with van der Waals surface area (Å²) in [5, 5.41) is 9.44. The number of nitrogens with zero attached hydrogens (tertiary/aromatic N) is 2. The van der Waals surface area contributed by atoms with Gasteiger partial charge in [0.05, 0.1) is 20.1 Å². The van der Waals surface area contributed by atoms with Crippen molar-refractivity contribution in [2.75, 3.05) is 45.4 Å². The average molecular weight is 979 g/mol. The second-order valence-corrected chi connectivity index (χ2v) is 22.0. The van der Waals surface area contributed by atoms with Gasteiger partial charge in [-0.1, -0.05) is 12.1 Å². The zero-order chi connectivity index (χ0) is 48.1. The molecule has 4 N–H and O–H groups in total. The van der Waals surface area contributed by atoms with E-state index in [1.54, 1.807) is 18.2 Å². The molecule has 2 unspecified atom stereocenters. The van der Waals surface area contributed by atoms with Crippen LogP contribution in [0.3, 0.4) is 0 Å². The lowest BCUT2D eigenvalue weighted by molar-refractivity contribution is -0.438. The molecule has 22 heteroatoms. The van der Waals surface area contributed by atoms with Crippen molar-refractivity contribution in [3.8, 4) is 0 Å². The Kier molecular flexibility index (Phi) is 14.0. The number of carboxylic acid groups (broad SMARTS) is 1. The largest absolute Gasteiger partial charge is 0.744 e. The average Bonchev–Trinajstić information content (AvgIpc) is 3.60. The lowest BCUT2D eigenvalue weighted by Crippen LogP contribution is -2.33. The SMILES string of the molecule is CCN1C(=CC=CC2=[N+](CCCCCC(=O)O)c3ccc4c(S(=O)(=O)O)cc(S(=O)(=O)O)cc4c3C2(C)CCOC)C(C)(CCOC)c2c1ccc1c(S(=O)(=O)[O-])cc(S(=O)(=O)O)cc21. The zero-order valence-electron chi connectivity index (χ0n) is 36.1. The number of methoxy groups -OCH3 is 2. The van der Waals surface area contributed by atoms with E-state index in [0.717, 1.165) is 12.1 Å². The summed E-state index contributed by atoms with van der Waals surface area (Å²) in [6.45, 7) is 6.62. The molecule has 0 spiro atoms. The topological polar surface area (TPSA) is 282 Å². The van der Waals surface area contributed by atoms with Gasteiger partial charge < -0.3 is 24.0 Å². The third-order valence-corrected chi connectivity index (χ3v) is 15.8. The van der Waals surface area contributed by atoms with Gasteiger partial charge in [-0.15, -0.1) is 0 Å². The number of carbonyl (C=O) groups is 1. The number of fused-ring (bicyclic) bond motifs is 6. The van der Waals surface area contributed by atoms with Crippen molar-refractivity contribution in [2.24, 2.45) is 0 Å². The molecular weight excluding hydrogens is 929 g/mol. The van der Waals surface area contributed by atoms with E-state index in [9.17, 15) is 61.8 Å². The summed E-state index contributed by atoms with van der Waals surface area (Å²) >= 11 is 0. The lowest BCUT2D eigenvalue weighted by Gasteiger charge is -2.30. The second kappa shape index (κ2) is 18.2. The zero-order valence-corrected chi connectivity index (χ0v) is 39.4. The Morgan fingerprint density at radius 2 is 1.29 bits per heavy atom. The summed E-state index contributed by atoms with van der Waals surface area (Å²) in [7, 11) is -17.3. The summed E-state index contributed by atoms with van der Waals surface area (Å²) in [6, 6.07) is 9.76. The maximum absolute atomic E-state index is 12.7. The van der Waals surface area contributed by atoms with Crippen LogP contribution in [-0.2, 0) is 65.6 Å². The minimum absolute atomic E-state index is 0.00964. The number of rotatable bonds is 19. The van der Waals surface area contributed by atoms with Crippen molar-refractivity contribution in [1.82, 2.24) is 0 Å². The van der Waals surface area contributed by atoms with Crippen LogP contribution in [0, 0.1) is 0 Å². The molecule has 0 saturated carbocycles. The van der Waals surface area contributed by atoms with Crippen molar-refractivity contribution >= 4 is 85.1 Å². The van der Waals surface area contributed by atoms with Crippen LogP contribution < -0.4 is 4.90 Å². The van der Waals surface area contributed by atoms with E-state index >= 15 is 0 Å². The molecule has 352 valence electrons. The van der Waals surface area contributed by atoms with Crippen LogP contribution >= 0.6 is 0 Å². The number of anilines is 1. The van der Waals surface area contributed by atoms with Crippen LogP contribution in [0.5, 0.6) is 0 Å².